The largest absolute Gasteiger partial charge is 0.391 e. The van der Waals surface area contributed by atoms with Crippen molar-refractivity contribution in [3.8, 4) is 0 Å². The van der Waals surface area contributed by atoms with Crippen LogP contribution in [0.4, 0.5) is 10.8 Å². The number of anilines is 2. The highest BCUT2D eigenvalue weighted by Crippen LogP contribution is 2.32. The molecule has 1 N–H and O–H groups in total. The van der Waals surface area contributed by atoms with Crippen LogP contribution in [0, 0.1) is 6.92 Å². The SMILES string of the molecule is Cc1cccc(N(C)c2nc(Cl)c(CO)s2)c1. The molecule has 1 aromatic carbocycles. The van der Waals surface area contributed by atoms with Crippen molar-refractivity contribution < 1.29 is 5.11 Å². The summed E-state index contributed by atoms with van der Waals surface area (Å²) in [6.45, 7) is 1.98. The average molecular weight is 269 g/mol. The summed E-state index contributed by atoms with van der Waals surface area (Å²) in [5.41, 5.74) is 2.25. The molecule has 0 spiro atoms. The second-order valence-electron chi connectivity index (χ2n) is 3.77. The fourth-order valence-corrected chi connectivity index (χ4v) is 2.61. The van der Waals surface area contributed by atoms with Gasteiger partial charge in [0.2, 0.25) is 0 Å². The van der Waals surface area contributed by atoms with Crippen LogP contribution in [0.2, 0.25) is 5.15 Å². The van der Waals surface area contributed by atoms with E-state index >= 15 is 0 Å². The molecule has 2 rings (SSSR count). The van der Waals surface area contributed by atoms with Crippen LogP contribution >= 0.6 is 22.9 Å². The number of rotatable bonds is 3. The molecular weight excluding hydrogens is 256 g/mol. The van der Waals surface area contributed by atoms with E-state index in [1.54, 1.807) is 0 Å². The van der Waals surface area contributed by atoms with E-state index in [1.807, 2.05) is 37.1 Å². The molecule has 0 atom stereocenters. The number of hydrogen-bond acceptors (Lipinski definition) is 4. The van der Waals surface area contributed by atoms with Gasteiger partial charge in [0.05, 0.1) is 11.5 Å². The number of thiazole rings is 1. The van der Waals surface area contributed by atoms with Gasteiger partial charge in [0.15, 0.2) is 5.13 Å². The maximum atomic E-state index is 9.10. The van der Waals surface area contributed by atoms with Crippen molar-refractivity contribution >= 4 is 33.8 Å². The van der Waals surface area contributed by atoms with E-state index in [2.05, 4.69) is 11.1 Å². The van der Waals surface area contributed by atoms with E-state index in [4.69, 9.17) is 16.7 Å². The van der Waals surface area contributed by atoms with E-state index in [0.717, 1.165) is 10.8 Å². The fourth-order valence-electron chi connectivity index (χ4n) is 1.51. The summed E-state index contributed by atoms with van der Waals surface area (Å²) in [5, 5.41) is 10.3. The summed E-state index contributed by atoms with van der Waals surface area (Å²) in [6.07, 6.45) is 0. The van der Waals surface area contributed by atoms with Gasteiger partial charge in [-0.2, -0.15) is 0 Å². The Balaban J connectivity index is 2.33. The molecule has 0 fully saturated rings. The van der Waals surface area contributed by atoms with Crippen LogP contribution in [0.1, 0.15) is 10.4 Å². The van der Waals surface area contributed by atoms with Crippen molar-refractivity contribution in [2.45, 2.75) is 13.5 Å². The molecule has 0 bridgehead atoms. The van der Waals surface area contributed by atoms with Crippen LogP contribution in [0.5, 0.6) is 0 Å². The van der Waals surface area contributed by atoms with Crippen molar-refractivity contribution in [3.05, 3.63) is 39.9 Å². The molecule has 0 saturated heterocycles. The van der Waals surface area contributed by atoms with Crippen molar-refractivity contribution in [3.63, 3.8) is 0 Å². The molecule has 1 heterocycles. The molecule has 3 nitrogen and oxygen atoms in total. The number of halogens is 1. The van der Waals surface area contributed by atoms with Gasteiger partial charge >= 0.3 is 0 Å². The maximum Gasteiger partial charge on any atom is 0.191 e. The Labute approximate surface area is 109 Å². The van der Waals surface area contributed by atoms with Gasteiger partial charge in [0.25, 0.3) is 0 Å². The van der Waals surface area contributed by atoms with E-state index in [-0.39, 0.29) is 6.61 Å². The molecule has 0 radical (unpaired) electrons. The highest BCUT2D eigenvalue weighted by Gasteiger charge is 2.13. The number of hydrogen-bond donors (Lipinski definition) is 1. The first-order chi connectivity index (χ1) is 8.11. The third kappa shape index (κ3) is 2.60. The topological polar surface area (TPSA) is 36.4 Å². The Bertz CT molecular complexity index is 527. The zero-order valence-corrected chi connectivity index (χ0v) is 11.2. The van der Waals surface area contributed by atoms with Crippen LogP contribution in [0.25, 0.3) is 0 Å². The number of aliphatic hydroxyl groups excluding tert-OH is 1. The molecular formula is C12H13ClN2OS. The average Bonchev–Trinajstić information content (AvgIpc) is 2.69. The van der Waals surface area contributed by atoms with Gasteiger partial charge in [-0.05, 0) is 24.6 Å². The van der Waals surface area contributed by atoms with E-state index in [0.29, 0.717) is 10.0 Å². The normalized spacial score (nSPS) is 10.6. The molecule has 2 aromatic rings. The van der Waals surface area contributed by atoms with Gasteiger partial charge in [0.1, 0.15) is 5.15 Å². The number of benzene rings is 1. The number of aromatic nitrogens is 1. The van der Waals surface area contributed by atoms with Crippen molar-refractivity contribution in [1.82, 2.24) is 4.98 Å². The summed E-state index contributed by atoms with van der Waals surface area (Å²) in [7, 11) is 1.94. The van der Waals surface area contributed by atoms with Crippen molar-refractivity contribution in [2.75, 3.05) is 11.9 Å². The molecule has 90 valence electrons. The van der Waals surface area contributed by atoms with Crippen molar-refractivity contribution in [1.29, 1.82) is 0 Å². The lowest BCUT2D eigenvalue weighted by Gasteiger charge is -2.16. The number of aliphatic hydroxyl groups is 1. The Morgan fingerprint density at radius 3 is 2.82 bits per heavy atom. The van der Waals surface area contributed by atoms with E-state index in [1.165, 1.54) is 16.9 Å². The predicted octanol–water partition coefficient (Wildman–Crippen LogP) is 3.37. The van der Waals surface area contributed by atoms with Gasteiger partial charge in [-0.1, -0.05) is 35.1 Å². The molecule has 0 saturated carbocycles. The van der Waals surface area contributed by atoms with Gasteiger partial charge in [-0.15, -0.1) is 0 Å². The second kappa shape index (κ2) is 5.04. The Hall–Kier alpha value is -1.10. The molecule has 0 aliphatic heterocycles. The Morgan fingerprint density at radius 1 is 1.47 bits per heavy atom. The first kappa shape index (κ1) is 12.4. The lowest BCUT2D eigenvalue weighted by atomic mass is 10.2. The molecule has 17 heavy (non-hydrogen) atoms. The highest BCUT2D eigenvalue weighted by atomic mass is 35.5. The minimum Gasteiger partial charge on any atom is -0.391 e. The van der Waals surface area contributed by atoms with Gasteiger partial charge < -0.3 is 10.0 Å². The standard InChI is InChI=1S/C12H13ClN2OS/c1-8-4-3-5-9(6-8)15(2)12-14-11(13)10(7-16)17-12/h3-6,16H,7H2,1-2H3. The molecule has 5 heteroatoms. The van der Waals surface area contributed by atoms with Gasteiger partial charge in [-0.25, -0.2) is 4.98 Å². The summed E-state index contributed by atoms with van der Waals surface area (Å²) < 4.78 is 0. The fraction of sp³-hybridized carbons (Fsp3) is 0.250. The third-order valence-electron chi connectivity index (χ3n) is 2.46. The Kier molecular flexibility index (Phi) is 3.66. The van der Waals surface area contributed by atoms with Crippen LogP contribution in [-0.4, -0.2) is 17.1 Å². The molecule has 1 aromatic heterocycles. The minimum atomic E-state index is -0.0713. The molecule has 0 unspecified atom stereocenters. The minimum absolute atomic E-state index is 0.0713. The first-order valence-electron chi connectivity index (χ1n) is 5.18. The van der Waals surface area contributed by atoms with E-state index < -0.39 is 0 Å². The maximum absolute atomic E-state index is 9.10. The quantitative estimate of drug-likeness (QED) is 0.927. The summed E-state index contributed by atoms with van der Waals surface area (Å²) in [5.74, 6) is 0. The molecule has 0 amide bonds. The van der Waals surface area contributed by atoms with Crippen LogP contribution in [-0.2, 0) is 6.61 Å². The third-order valence-corrected chi connectivity index (χ3v) is 4.00. The van der Waals surface area contributed by atoms with Gasteiger partial charge in [-0.3, -0.25) is 0 Å². The zero-order valence-electron chi connectivity index (χ0n) is 9.64. The predicted molar refractivity (Wildman–Crippen MR) is 72.3 cm³/mol. The van der Waals surface area contributed by atoms with Gasteiger partial charge in [0, 0.05) is 12.7 Å². The lowest BCUT2D eigenvalue weighted by molar-refractivity contribution is 0.285. The van der Waals surface area contributed by atoms with E-state index in [9.17, 15) is 0 Å². The summed E-state index contributed by atoms with van der Waals surface area (Å²) >= 11 is 7.32. The molecule has 0 aliphatic carbocycles. The van der Waals surface area contributed by atoms with Crippen LogP contribution < -0.4 is 4.90 Å². The first-order valence-corrected chi connectivity index (χ1v) is 6.37. The number of nitrogens with zero attached hydrogens (tertiary/aromatic N) is 2. The van der Waals surface area contributed by atoms with Crippen molar-refractivity contribution in [2.24, 2.45) is 0 Å². The summed E-state index contributed by atoms with van der Waals surface area (Å²) in [6, 6.07) is 8.14. The number of aryl methyl sites for hydroxylation is 1. The smallest absolute Gasteiger partial charge is 0.191 e. The monoisotopic (exact) mass is 268 g/mol. The lowest BCUT2D eigenvalue weighted by Crippen LogP contribution is -2.08. The van der Waals surface area contributed by atoms with Crippen LogP contribution in [0.3, 0.4) is 0 Å². The highest BCUT2D eigenvalue weighted by molar-refractivity contribution is 7.16. The summed E-state index contributed by atoms with van der Waals surface area (Å²) in [4.78, 5) is 6.89. The molecule has 0 aliphatic rings. The Morgan fingerprint density at radius 2 is 2.24 bits per heavy atom. The zero-order chi connectivity index (χ0) is 12.4. The second-order valence-corrected chi connectivity index (χ2v) is 5.19. The van der Waals surface area contributed by atoms with Crippen LogP contribution in [0.15, 0.2) is 24.3 Å².